The Morgan fingerprint density at radius 1 is 1.26 bits per heavy atom. The third-order valence-corrected chi connectivity index (χ3v) is 6.47. The molecule has 1 unspecified atom stereocenters. The van der Waals surface area contributed by atoms with Crippen molar-refractivity contribution < 1.29 is 4.74 Å². The summed E-state index contributed by atoms with van der Waals surface area (Å²) in [4.78, 5) is 0. The van der Waals surface area contributed by atoms with Crippen LogP contribution in [-0.4, -0.2) is 18.4 Å². The van der Waals surface area contributed by atoms with Crippen molar-refractivity contribution >= 4 is 17.4 Å². The minimum absolute atomic E-state index is 0.181. The summed E-state index contributed by atoms with van der Waals surface area (Å²) in [5.74, 6) is 2.43. The van der Waals surface area contributed by atoms with E-state index in [1.807, 2.05) is 11.8 Å². The third kappa shape index (κ3) is 2.83. The summed E-state index contributed by atoms with van der Waals surface area (Å²) in [6.45, 7) is 7.76. The molecule has 1 aromatic carbocycles. The van der Waals surface area contributed by atoms with E-state index in [0.29, 0.717) is 17.9 Å². The van der Waals surface area contributed by atoms with Crippen molar-refractivity contribution in [3.8, 4) is 0 Å². The Bertz CT molecular complexity index is 619. The van der Waals surface area contributed by atoms with E-state index < -0.39 is 0 Å². The van der Waals surface area contributed by atoms with E-state index in [0.717, 1.165) is 6.61 Å². The van der Waals surface area contributed by atoms with Crippen molar-refractivity contribution in [2.24, 2.45) is 11.8 Å². The summed E-state index contributed by atoms with van der Waals surface area (Å²) in [6.07, 6.45) is 5.13. The first-order chi connectivity index (χ1) is 11.0. The maximum absolute atomic E-state index is 6.29. The van der Waals surface area contributed by atoms with Gasteiger partial charge in [0.2, 0.25) is 0 Å². The minimum Gasteiger partial charge on any atom is -0.381 e. The molecule has 1 saturated heterocycles. The highest BCUT2D eigenvalue weighted by Crippen LogP contribution is 2.47. The number of ether oxygens (including phenoxy) is 1. The molecule has 3 heteroatoms. The summed E-state index contributed by atoms with van der Waals surface area (Å²) in [5.41, 5.74) is 4.26. The Labute approximate surface area is 144 Å². The normalized spacial score (nSPS) is 33.0. The van der Waals surface area contributed by atoms with Crippen LogP contribution in [0.4, 0.5) is 5.69 Å². The molecule has 0 aliphatic carbocycles. The third-order valence-electron chi connectivity index (χ3n) is 5.55. The Hall–Kier alpha value is -0.930. The lowest BCUT2D eigenvalue weighted by Gasteiger charge is -2.45. The zero-order valence-corrected chi connectivity index (χ0v) is 15.2. The number of hydrogen-bond donors (Lipinski definition) is 1. The van der Waals surface area contributed by atoms with Gasteiger partial charge in [-0.25, -0.2) is 0 Å². The Morgan fingerprint density at radius 2 is 2.13 bits per heavy atom. The number of anilines is 1. The molecule has 0 spiro atoms. The number of nitrogens with one attached hydrogen (secondary N) is 1. The highest BCUT2D eigenvalue weighted by Gasteiger charge is 2.42. The summed E-state index contributed by atoms with van der Waals surface area (Å²) in [6, 6.07) is 7.47. The van der Waals surface area contributed by atoms with Gasteiger partial charge in [0.05, 0.1) is 6.10 Å². The second-order valence-electron chi connectivity index (χ2n) is 8.15. The first-order valence-electron chi connectivity index (χ1n) is 8.85. The van der Waals surface area contributed by atoms with Gasteiger partial charge in [0.15, 0.2) is 0 Å². The van der Waals surface area contributed by atoms with Crippen LogP contribution in [0.15, 0.2) is 29.7 Å². The van der Waals surface area contributed by atoms with Crippen molar-refractivity contribution in [3.05, 3.63) is 40.8 Å². The fourth-order valence-electron chi connectivity index (χ4n) is 4.20. The number of rotatable bonds is 1. The molecule has 3 aliphatic heterocycles. The molecule has 1 fully saturated rings. The topological polar surface area (TPSA) is 21.3 Å². The van der Waals surface area contributed by atoms with Gasteiger partial charge >= 0.3 is 0 Å². The van der Waals surface area contributed by atoms with Crippen molar-refractivity contribution in [2.45, 2.75) is 51.2 Å². The van der Waals surface area contributed by atoms with Crippen LogP contribution in [0.1, 0.15) is 50.8 Å². The van der Waals surface area contributed by atoms with E-state index >= 15 is 0 Å². The first-order valence-corrected chi connectivity index (χ1v) is 9.90. The van der Waals surface area contributed by atoms with E-state index in [9.17, 15) is 0 Å². The van der Waals surface area contributed by atoms with Crippen LogP contribution in [-0.2, 0) is 10.2 Å². The quantitative estimate of drug-likeness (QED) is 0.772. The van der Waals surface area contributed by atoms with Gasteiger partial charge in [-0.05, 0) is 35.3 Å². The molecule has 2 nitrogen and oxygen atoms in total. The van der Waals surface area contributed by atoms with Crippen LogP contribution in [0, 0.1) is 11.8 Å². The Kier molecular flexibility index (Phi) is 3.97. The van der Waals surface area contributed by atoms with Gasteiger partial charge in [-0.3, -0.25) is 0 Å². The molecule has 0 radical (unpaired) electrons. The van der Waals surface area contributed by atoms with E-state index in [4.69, 9.17) is 4.74 Å². The average Bonchev–Trinajstić information content (AvgIpc) is 3.07. The van der Waals surface area contributed by atoms with Crippen molar-refractivity contribution in [1.29, 1.82) is 0 Å². The van der Waals surface area contributed by atoms with Gasteiger partial charge in [-0.2, -0.15) is 0 Å². The molecule has 0 bridgehead atoms. The molecule has 1 aromatic rings. The second kappa shape index (κ2) is 5.86. The van der Waals surface area contributed by atoms with Crippen molar-refractivity contribution in [3.63, 3.8) is 0 Å². The predicted octanol–water partition coefficient (Wildman–Crippen LogP) is 5.12. The summed E-state index contributed by atoms with van der Waals surface area (Å²) in [7, 11) is 0. The molecule has 3 heterocycles. The largest absolute Gasteiger partial charge is 0.381 e. The molecule has 0 amide bonds. The summed E-state index contributed by atoms with van der Waals surface area (Å²) >= 11 is 1.94. The molecule has 1 N–H and O–H groups in total. The van der Waals surface area contributed by atoms with Gasteiger partial charge in [0, 0.05) is 41.5 Å². The molecule has 3 aliphatic rings. The number of fused-ring (bicyclic) bond motifs is 3. The number of thioether (sulfide) groups is 1. The van der Waals surface area contributed by atoms with Crippen LogP contribution in [0.25, 0.3) is 0 Å². The second-order valence-corrected chi connectivity index (χ2v) is 9.08. The van der Waals surface area contributed by atoms with Gasteiger partial charge < -0.3 is 10.1 Å². The van der Waals surface area contributed by atoms with Gasteiger partial charge in [0.25, 0.3) is 0 Å². The van der Waals surface area contributed by atoms with Crippen LogP contribution < -0.4 is 5.32 Å². The maximum atomic E-state index is 6.29. The molecule has 0 aromatic heterocycles. The van der Waals surface area contributed by atoms with Gasteiger partial charge in [-0.15, -0.1) is 11.8 Å². The fourth-order valence-corrected chi connectivity index (χ4v) is 5.17. The molecule has 0 saturated carbocycles. The van der Waals surface area contributed by atoms with E-state index in [2.05, 4.69) is 55.8 Å². The van der Waals surface area contributed by atoms with Crippen molar-refractivity contribution in [2.75, 3.05) is 17.7 Å². The van der Waals surface area contributed by atoms with Crippen LogP contribution in [0.5, 0.6) is 0 Å². The lowest BCUT2D eigenvalue weighted by Crippen LogP contribution is -2.45. The lowest BCUT2D eigenvalue weighted by atomic mass is 9.74. The first kappa shape index (κ1) is 15.6. The standard InChI is InChI=1S/C20H27NOS/c1-20(2,3)14-6-7-17-16(11-14)19-15(5-4-9-22-19)18(21-17)13-8-10-23-12-13/h6-8,10-11,13,15,18-19,21H,4-5,9,12H2,1-3H3/t13?,15-,18-,19-/m0/s1. The van der Waals surface area contributed by atoms with Gasteiger partial charge in [0.1, 0.15) is 0 Å². The molecule has 4 atom stereocenters. The maximum Gasteiger partial charge on any atom is 0.0892 e. The zero-order valence-electron chi connectivity index (χ0n) is 14.3. The highest BCUT2D eigenvalue weighted by molar-refractivity contribution is 8.02. The monoisotopic (exact) mass is 329 g/mol. The fraction of sp³-hybridized carbons (Fsp3) is 0.600. The smallest absolute Gasteiger partial charge is 0.0892 e. The lowest BCUT2D eigenvalue weighted by molar-refractivity contribution is -0.0409. The molecule has 23 heavy (non-hydrogen) atoms. The zero-order chi connectivity index (χ0) is 16.0. The Morgan fingerprint density at radius 3 is 2.87 bits per heavy atom. The molecule has 4 rings (SSSR count). The predicted molar refractivity (Wildman–Crippen MR) is 99.1 cm³/mol. The van der Waals surface area contributed by atoms with Crippen LogP contribution in [0.3, 0.4) is 0 Å². The SMILES string of the molecule is CC(C)(C)c1ccc2c(c1)[C@H]1OCCC[C@H]1[C@H](C1C=CSC1)N2. The molecular formula is C20H27NOS. The number of benzene rings is 1. The molecule has 124 valence electrons. The minimum atomic E-state index is 0.181. The van der Waals surface area contributed by atoms with E-state index in [1.165, 1.54) is 35.4 Å². The van der Waals surface area contributed by atoms with E-state index in [1.54, 1.807) is 0 Å². The average molecular weight is 330 g/mol. The van der Waals surface area contributed by atoms with Crippen LogP contribution in [0.2, 0.25) is 0 Å². The highest BCUT2D eigenvalue weighted by atomic mass is 32.2. The summed E-state index contributed by atoms with van der Waals surface area (Å²) < 4.78 is 6.29. The van der Waals surface area contributed by atoms with Crippen molar-refractivity contribution in [1.82, 2.24) is 0 Å². The number of hydrogen-bond acceptors (Lipinski definition) is 3. The van der Waals surface area contributed by atoms with E-state index in [-0.39, 0.29) is 11.5 Å². The van der Waals surface area contributed by atoms with Crippen LogP contribution >= 0.6 is 11.8 Å². The molecular weight excluding hydrogens is 302 g/mol. The summed E-state index contributed by atoms with van der Waals surface area (Å²) in [5, 5.41) is 6.14. The Balaban J connectivity index is 1.73. The van der Waals surface area contributed by atoms with Gasteiger partial charge in [-0.1, -0.05) is 39.0 Å².